The molecule has 0 bridgehead atoms. The molecule has 62 heavy (non-hydrogen) atoms. The average Bonchev–Trinajstić information content (AvgIpc) is 3.28. The van der Waals surface area contributed by atoms with Crippen LogP contribution in [0, 0.1) is 18.3 Å². The lowest BCUT2D eigenvalue weighted by molar-refractivity contribution is -0.142. The fourth-order valence-electron chi connectivity index (χ4n) is 7.61. The molecule has 11 nitrogen and oxygen atoms in total. The molecular weight excluding hydrogens is 827 g/mol. The van der Waals surface area contributed by atoms with Gasteiger partial charge in [0.25, 0.3) is 11.8 Å². The lowest BCUT2D eigenvalue weighted by Crippen LogP contribution is -2.56. The predicted octanol–water partition coefficient (Wildman–Crippen LogP) is 8.87. The van der Waals surface area contributed by atoms with E-state index in [9.17, 15) is 24.3 Å². The number of carboxylic acid groups (broad SMARTS) is 1. The van der Waals surface area contributed by atoms with Crippen molar-refractivity contribution in [3.05, 3.63) is 182 Å². The van der Waals surface area contributed by atoms with E-state index in [2.05, 4.69) is 16.7 Å². The van der Waals surface area contributed by atoms with Crippen molar-refractivity contribution in [3.63, 3.8) is 0 Å². The smallest absolute Gasteiger partial charge is 0.326 e. The number of carboxylic acids is 1. The molecule has 3 amide bonds. The van der Waals surface area contributed by atoms with Crippen LogP contribution in [0.5, 0.6) is 11.5 Å². The zero-order valence-corrected chi connectivity index (χ0v) is 34.7. The maximum absolute atomic E-state index is 14.2. The normalized spacial score (nSPS) is 15.8. The van der Waals surface area contributed by atoms with Crippen LogP contribution in [-0.2, 0) is 40.4 Å². The van der Waals surface area contributed by atoms with E-state index in [0.717, 1.165) is 22.3 Å². The molecule has 0 aromatic heterocycles. The highest BCUT2D eigenvalue weighted by atomic mass is 35.5. The van der Waals surface area contributed by atoms with Gasteiger partial charge in [-0.15, -0.1) is 0 Å². The first-order valence-electron chi connectivity index (χ1n) is 19.7. The van der Waals surface area contributed by atoms with Gasteiger partial charge < -0.3 is 30.1 Å². The van der Waals surface area contributed by atoms with E-state index >= 15 is 0 Å². The summed E-state index contributed by atoms with van der Waals surface area (Å²) in [6, 6.07) is 37.0. The number of aliphatic carboxylic acids is 1. The van der Waals surface area contributed by atoms with E-state index < -0.39 is 41.9 Å². The summed E-state index contributed by atoms with van der Waals surface area (Å²) in [6.45, 7) is 2.15. The van der Waals surface area contributed by atoms with E-state index in [1.54, 1.807) is 91.0 Å². The molecule has 0 aliphatic carbocycles. The molecule has 6 aromatic carbocycles. The first kappa shape index (κ1) is 41.6. The van der Waals surface area contributed by atoms with Crippen LogP contribution in [-0.4, -0.2) is 45.8 Å². The van der Waals surface area contributed by atoms with Crippen molar-refractivity contribution in [2.24, 2.45) is 0 Å². The van der Waals surface area contributed by atoms with Crippen molar-refractivity contribution in [3.8, 4) is 28.7 Å². The molecule has 2 aliphatic heterocycles. The second-order valence-corrected chi connectivity index (χ2v) is 16.0. The van der Waals surface area contributed by atoms with Crippen LogP contribution in [0.25, 0.3) is 11.1 Å². The van der Waals surface area contributed by atoms with Crippen LogP contribution in [0.1, 0.15) is 55.4 Å². The Morgan fingerprint density at radius 3 is 2.27 bits per heavy atom. The fraction of sp³-hybridized carbons (Fsp3) is 0.163. The van der Waals surface area contributed by atoms with E-state index in [-0.39, 0.29) is 26.0 Å². The number of aryl methyl sites for hydroxylation is 1. The summed E-state index contributed by atoms with van der Waals surface area (Å²) < 4.78 is 12.2. The van der Waals surface area contributed by atoms with E-state index in [1.165, 1.54) is 4.90 Å². The molecule has 0 saturated carbocycles. The van der Waals surface area contributed by atoms with Crippen molar-refractivity contribution in [1.82, 2.24) is 10.2 Å². The number of anilines is 1. The number of benzene rings is 6. The number of rotatable bonds is 11. The number of carbonyl (C=O) groups is 4. The molecule has 6 aromatic rings. The monoisotopic (exact) mass is 864 g/mol. The van der Waals surface area contributed by atoms with Crippen molar-refractivity contribution >= 4 is 52.6 Å². The van der Waals surface area contributed by atoms with Crippen LogP contribution in [0.2, 0.25) is 10.0 Å². The number of fused-ring (bicyclic) bond motifs is 2. The Balaban J connectivity index is 1.00. The summed E-state index contributed by atoms with van der Waals surface area (Å²) in [5.41, 5.74) is 7.52. The van der Waals surface area contributed by atoms with Gasteiger partial charge in [0.05, 0.1) is 27.4 Å². The number of carbonyl (C=O) groups excluding carboxylic acids is 3. The van der Waals surface area contributed by atoms with Gasteiger partial charge in [-0.3, -0.25) is 14.4 Å². The SMILES string of the molecule is Cc1cccc(C(=O)N2Cc3cc4c(cc3C[C@H]2C(=O)N[C@@H](Cc2ccc(-c3ccc(C#N)cc3)cc2)C(=O)O)NC(=O)C(c2ccc(OCc3ccc(Cl)c(Cl)c3)cc2)O4)c1. The van der Waals surface area contributed by atoms with Crippen LogP contribution in [0.4, 0.5) is 5.69 Å². The summed E-state index contributed by atoms with van der Waals surface area (Å²) in [5, 5.41) is 25.9. The zero-order valence-electron chi connectivity index (χ0n) is 33.2. The number of nitriles is 1. The van der Waals surface area contributed by atoms with Crippen molar-refractivity contribution in [2.75, 3.05) is 5.32 Å². The third-order valence-corrected chi connectivity index (χ3v) is 11.7. The molecule has 13 heteroatoms. The molecule has 3 N–H and O–H groups in total. The van der Waals surface area contributed by atoms with Crippen LogP contribution < -0.4 is 20.1 Å². The molecule has 0 spiro atoms. The number of hydrogen-bond donors (Lipinski definition) is 3. The lowest BCUT2D eigenvalue weighted by Gasteiger charge is -2.37. The van der Waals surface area contributed by atoms with Crippen LogP contribution in [0.15, 0.2) is 127 Å². The Bertz CT molecular complexity index is 2750. The van der Waals surface area contributed by atoms with E-state index in [1.807, 2.05) is 43.3 Å². The average molecular weight is 866 g/mol. The number of hydrogen-bond acceptors (Lipinski definition) is 7. The minimum atomic E-state index is -1.29. The van der Waals surface area contributed by atoms with Gasteiger partial charge in [-0.25, -0.2) is 4.79 Å². The first-order valence-corrected chi connectivity index (χ1v) is 20.5. The maximum atomic E-state index is 14.2. The molecule has 310 valence electrons. The molecule has 2 heterocycles. The topological polar surface area (TPSA) is 158 Å². The highest BCUT2D eigenvalue weighted by Gasteiger charge is 2.39. The molecule has 0 fully saturated rings. The van der Waals surface area contributed by atoms with Gasteiger partial charge in [0.1, 0.15) is 30.2 Å². The van der Waals surface area contributed by atoms with Crippen molar-refractivity contribution in [1.29, 1.82) is 5.26 Å². The Morgan fingerprint density at radius 2 is 1.60 bits per heavy atom. The van der Waals surface area contributed by atoms with E-state index in [4.69, 9.17) is 37.9 Å². The van der Waals surface area contributed by atoms with Gasteiger partial charge in [0.2, 0.25) is 12.0 Å². The largest absolute Gasteiger partial charge is 0.489 e. The third kappa shape index (κ3) is 9.12. The molecule has 8 rings (SSSR count). The summed E-state index contributed by atoms with van der Waals surface area (Å²) in [5.74, 6) is -1.66. The number of ether oxygens (including phenoxy) is 2. The molecule has 3 atom stereocenters. The van der Waals surface area contributed by atoms with Gasteiger partial charge in [0.15, 0.2) is 0 Å². The maximum Gasteiger partial charge on any atom is 0.326 e. The molecule has 0 radical (unpaired) electrons. The highest BCUT2D eigenvalue weighted by molar-refractivity contribution is 6.42. The fourth-order valence-corrected chi connectivity index (χ4v) is 7.93. The van der Waals surface area contributed by atoms with Crippen molar-refractivity contribution in [2.45, 2.75) is 51.1 Å². The highest BCUT2D eigenvalue weighted by Crippen LogP contribution is 2.40. The van der Waals surface area contributed by atoms with Gasteiger partial charge in [-0.2, -0.15) is 5.26 Å². The Labute approximate surface area is 367 Å². The first-order chi connectivity index (χ1) is 29.9. The Kier molecular flexibility index (Phi) is 12.0. The minimum absolute atomic E-state index is 0.00359. The number of nitrogens with one attached hydrogen (secondary N) is 2. The molecular formula is C49H38Cl2N4O7. The number of halogens is 2. The van der Waals surface area contributed by atoms with Crippen LogP contribution >= 0.6 is 23.2 Å². The summed E-state index contributed by atoms with van der Waals surface area (Å²) >= 11 is 12.2. The summed E-state index contributed by atoms with van der Waals surface area (Å²) in [7, 11) is 0. The van der Waals surface area contributed by atoms with Crippen LogP contribution in [0.3, 0.4) is 0 Å². The quantitative estimate of drug-likeness (QED) is 0.117. The second kappa shape index (κ2) is 17.8. The zero-order chi connectivity index (χ0) is 43.5. The standard InChI is InChI=1S/C49H38Cl2N4O7/c1-28-3-2-4-35(19-28)48(58)55-26-37-24-44-41(53-47(57)45(62-44)34-14-16-38(17-15-34)61-27-31-9-18-39(50)40(51)20-31)22-36(37)23-43(55)46(56)54-42(49(59)60)21-29-5-10-32(11-6-29)33-12-7-30(25-52)8-13-33/h2-20,22,24,42-43,45H,21,23,26-27H2,1H3,(H,53,57)(H,54,56)(H,59,60)/t42-,43-,45?/m0/s1. The van der Waals surface area contributed by atoms with E-state index in [0.29, 0.717) is 60.6 Å². The van der Waals surface area contributed by atoms with Gasteiger partial charge in [-0.05, 0) is 101 Å². The predicted molar refractivity (Wildman–Crippen MR) is 234 cm³/mol. The second-order valence-electron chi connectivity index (χ2n) is 15.2. The van der Waals surface area contributed by atoms with Gasteiger partial charge >= 0.3 is 5.97 Å². The summed E-state index contributed by atoms with van der Waals surface area (Å²) in [4.78, 5) is 56.0. The van der Waals surface area contributed by atoms with Crippen molar-refractivity contribution < 1.29 is 33.8 Å². The van der Waals surface area contributed by atoms with Gasteiger partial charge in [-0.1, -0.05) is 95.5 Å². The third-order valence-electron chi connectivity index (χ3n) is 10.9. The Hall–Kier alpha value is -7.13. The molecule has 0 saturated heterocycles. The number of nitrogens with zero attached hydrogens (tertiary/aromatic N) is 2. The minimum Gasteiger partial charge on any atom is -0.489 e. The number of amides is 3. The molecule has 2 aliphatic rings. The Morgan fingerprint density at radius 1 is 0.887 bits per heavy atom. The lowest BCUT2D eigenvalue weighted by atomic mass is 9.91. The van der Waals surface area contributed by atoms with Gasteiger partial charge in [0, 0.05) is 30.5 Å². The summed E-state index contributed by atoms with van der Waals surface area (Å²) in [6.07, 6.45) is -0.922. The molecule has 1 unspecified atom stereocenters.